The minimum absolute atomic E-state index is 0.0766. The highest BCUT2D eigenvalue weighted by atomic mass is 32.2. The van der Waals surface area contributed by atoms with Crippen LogP contribution in [-0.4, -0.2) is 23.1 Å². The highest BCUT2D eigenvalue weighted by Gasteiger charge is 2.30. The van der Waals surface area contributed by atoms with Gasteiger partial charge in [-0.3, -0.25) is 0 Å². The molecule has 0 aliphatic carbocycles. The van der Waals surface area contributed by atoms with Gasteiger partial charge in [0, 0.05) is 22.4 Å². The van der Waals surface area contributed by atoms with E-state index in [4.69, 9.17) is 0 Å². The Balaban J connectivity index is 1.94. The van der Waals surface area contributed by atoms with E-state index in [9.17, 15) is 13.2 Å². The van der Waals surface area contributed by atoms with E-state index >= 15 is 0 Å². The summed E-state index contributed by atoms with van der Waals surface area (Å²) < 4.78 is 36.7. The molecule has 112 valence electrons. The van der Waals surface area contributed by atoms with Crippen molar-refractivity contribution in [2.75, 3.05) is 16.8 Å². The molecule has 0 spiro atoms. The molecule has 0 aromatic heterocycles. The SMILES string of the molecule is CC1(C)CSCC(Nc2ccc(SC(F)(F)F)cc2)C1. The number of nitrogens with one attached hydrogen (secondary N) is 1. The van der Waals surface area contributed by atoms with Crippen LogP contribution in [-0.2, 0) is 0 Å². The number of halogens is 3. The number of benzene rings is 1. The molecule has 0 bridgehead atoms. The van der Waals surface area contributed by atoms with E-state index in [1.54, 1.807) is 12.1 Å². The van der Waals surface area contributed by atoms with Crippen molar-refractivity contribution in [2.24, 2.45) is 5.41 Å². The third kappa shape index (κ3) is 5.13. The smallest absolute Gasteiger partial charge is 0.381 e. The first-order chi connectivity index (χ1) is 9.23. The molecule has 1 aromatic carbocycles. The van der Waals surface area contributed by atoms with Gasteiger partial charge in [0.1, 0.15) is 0 Å². The molecule has 1 nitrogen and oxygen atoms in total. The lowest BCUT2D eigenvalue weighted by Crippen LogP contribution is -2.35. The minimum atomic E-state index is -4.22. The van der Waals surface area contributed by atoms with Crippen LogP contribution in [0.5, 0.6) is 0 Å². The Labute approximate surface area is 126 Å². The molecule has 20 heavy (non-hydrogen) atoms. The molecule has 2 rings (SSSR count). The third-order valence-corrected chi connectivity index (χ3v) is 5.43. The van der Waals surface area contributed by atoms with Crippen LogP contribution in [0.4, 0.5) is 18.9 Å². The summed E-state index contributed by atoms with van der Waals surface area (Å²) in [4.78, 5) is 0.224. The average molecular weight is 321 g/mol. The number of rotatable bonds is 3. The first kappa shape index (κ1) is 15.9. The van der Waals surface area contributed by atoms with Crippen molar-refractivity contribution in [3.8, 4) is 0 Å². The molecule has 1 unspecified atom stereocenters. The molecule has 0 amide bonds. The van der Waals surface area contributed by atoms with Crippen LogP contribution in [0, 0.1) is 5.41 Å². The van der Waals surface area contributed by atoms with Crippen LogP contribution < -0.4 is 5.32 Å². The van der Waals surface area contributed by atoms with Crippen molar-refractivity contribution in [1.29, 1.82) is 0 Å². The van der Waals surface area contributed by atoms with Crippen molar-refractivity contribution in [3.05, 3.63) is 24.3 Å². The van der Waals surface area contributed by atoms with Gasteiger partial charge in [0.05, 0.1) is 0 Å². The van der Waals surface area contributed by atoms with Crippen molar-refractivity contribution < 1.29 is 13.2 Å². The second-order valence-electron chi connectivity index (χ2n) is 5.80. The van der Waals surface area contributed by atoms with Gasteiger partial charge in [0.15, 0.2) is 0 Å². The first-order valence-corrected chi connectivity index (χ1v) is 8.41. The summed E-state index contributed by atoms with van der Waals surface area (Å²) in [5, 5.41) is 3.42. The molecule has 1 saturated heterocycles. The standard InChI is InChI=1S/C14H18F3NS2/c1-13(2)7-11(8-19-9-13)18-10-3-5-12(6-4-10)20-14(15,16)17/h3-6,11,18H,7-9H2,1-2H3. The summed E-state index contributed by atoms with van der Waals surface area (Å²) in [6, 6.07) is 6.86. The van der Waals surface area contributed by atoms with Gasteiger partial charge in [-0.05, 0) is 53.6 Å². The zero-order valence-corrected chi connectivity index (χ0v) is 13.1. The largest absolute Gasteiger partial charge is 0.446 e. The normalized spacial score (nSPS) is 22.6. The van der Waals surface area contributed by atoms with Gasteiger partial charge in [0.2, 0.25) is 0 Å². The lowest BCUT2D eigenvalue weighted by atomic mass is 9.88. The van der Waals surface area contributed by atoms with Gasteiger partial charge in [-0.1, -0.05) is 13.8 Å². The van der Waals surface area contributed by atoms with E-state index in [2.05, 4.69) is 19.2 Å². The molecule has 1 aromatic rings. The van der Waals surface area contributed by atoms with E-state index in [0.29, 0.717) is 11.5 Å². The van der Waals surface area contributed by atoms with Crippen LogP contribution in [0.3, 0.4) is 0 Å². The summed E-state index contributed by atoms with van der Waals surface area (Å²) in [6.45, 7) is 4.49. The maximum atomic E-state index is 12.2. The number of thioether (sulfide) groups is 2. The maximum Gasteiger partial charge on any atom is 0.446 e. The number of hydrogen-bond donors (Lipinski definition) is 1. The Bertz CT molecular complexity index is 443. The van der Waals surface area contributed by atoms with Gasteiger partial charge >= 0.3 is 5.51 Å². The quantitative estimate of drug-likeness (QED) is 0.764. The third-order valence-electron chi connectivity index (χ3n) is 3.07. The Morgan fingerprint density at radius 2 is 1.90 bits per heavy atom. The Morgan fingerprint density at radius 1 is 1.25 bits per heavy atom. The molecular formula is C14H18F3NS2. The van der Waals surface area contributed by atoms with Crippen LogP contribution >= 0.6 is 23.5 Å². The Kier molecular flexibility index (Phi) is 4.84. The lowest BCUT2D eigenvalue weighted by molar-refractivity contribution is -0.0328. The zero-order chi connectivity index (χ0) is 14.8. The summed E-state index contributed by atoms with van der Waals surface area (Å²) in [6.07, 6.45) is 1.08. The van der Waals surface area contributed by atoms with Crippen molar-refractivity contribution >= 4 is 29.2 Å². The Morgan fingerprint density at radius 3 is 2.45 bits per heavy atom. The summed E-state index contributed by atoms with van der Waals surface area (Å²) in [5.74, 6) is 2.20. The fourth-order valence-corrected chi connectivity index (χ4v) is 4.16. The van der Waals surface area contributed by atoms with Gasteiger partial charge < -0.3 is 5.32 Å². The van der Waals surface area contributed by atoms with Crippen LogP contribution in [0.25, 0.3) is 0 Å². The van der Waals surface area contributed by atoms with Crippen molar-refractivity contribution in [1.82, 2.24) is 0 Å². The second-order valence-corrected chi connectivity index (χ2v) is 7.97. The van der Waals surface area contributed by atoms with Crippen LogP contribution in [0.2, 0.25) is 0 Å². The predicted molar refractivity (Wildman–Crippen MR) is 81.5 cm³/mol. The molecule has 1 aliphatic heterocycles. The molecular weight excluding hydrogens is 303 g/mol. The van der Waals surface area contributed by atoms with E-state index in [0.717, 1.165) is 23.6 Å². The fraction of sp³-hybridized carbons (Fsp3) is 0.571. The van der Waals surface area contributed by atoms with E-state index in [1.807, 2.05) is 11.8 Å². The summed E-state index contributed by atoms with van der Waals surface area (Å²) >= 11 is 1.85. The van der Waals surface area contributed by atoms with E-state index in [-0.39, 0.29) is 16.7 Å². The van der Waals surface area contributed by atoms with Gasteiger partial charge in [-0.25, -0.2) is 0 Å². The van der Waals surface area contributed by atoms with E-state index < -0.39 is 5.51 Å². The molecule has 0 saturated carbocycles. The Hall–Kier alpha value is -0.490. The molecule has 1 heterocycles. The molecule has 1 atom stereocenters. The van der Waals surface area contributed by atoms with Crippen LogP contribution in [0.1, 0.15) is 20.3 Å². The van der Waals surface area contributed by atoms with Crippen molar-refractivity contribution in [2.45, 2.75) is 36.7 Å². The second kappa shape index (κ2) is 6.10. The number of anilines is 1. The van der Waals surface area contributed by atoms with Crippen molar-refractivity contribution in [3.63, 3.8) is 0 Å². The highest BCUT2D eigenvalue weighted by Crippen LogP contribution is 2.38. The van der Waals surface area contributed by atoms with E-state index in [1.165, 1.54) is 12.1 Å². The molecule has 0 radical (unpaired) electrons. The first-order valence-electron chi connectivity index (χ1n) is 6.44. The lowest BCUT2D eigenvalue weighted by Gasteiger charge is -2.35. The molecule has 1 N–H and O–H groups in total. The summed E-state index contributed by atoms with van der Waals surface area (Å²) in [5.41, 5.74) is -3.02. The monoisotopic (exact) mass is 321 g/mol. The zero-order valence-electron chi connectivity index (χ0n) is 11.5. The average Bonchev–Trinajstić information content (AvgIpc) is 2.28. The topological polar surface area (TPSA) is 12.0 Å². The molecule has 1 fully saturated rings. The van der Waals surface area contributed by atoms with Crippen LogP contribution in [0.15, 0.2) is 29.2 Å². The highest BCUT2D eigenvalue weighted by molar-refractivity contribution is 8.00. The summed E-state index contributed by atoms with van der Waals surface area (Å²) in [7, 11) is 0. The molecule has 1 aliphatic rings. The maximum absolute atomic E-state index is 12.2. The number of alkyl halides is 3. The fourth-order valence-electron chi connectivity index (χ4n) is 2.34. The molecule has 6 heteroatoms. The van der Waals surface area contributed by atoms with Gasteiger partial charge in [-0.15, -0.1) is 0 Å². The predicted octanol–water partition coefficient (Wildman–Crippen LogP) is 5.24. The van der Waals surface area contributed by atoms with Gasteiger partial charge in [-0.2, -0.15) is 24.9 Å². The van der Waals surface area contributed by atoms with Gasteiger partial charge in [0.25, 0.3) is 0 Å². The number of hydrogen-bond acceptors (Lipinski definition) is 3. The minimum Gasteiger partial charge on any atom is -0.381 e.